The van der Waals surface area contributed by atoms with Crippen LogP contribution in [-0.2, 0) is 20.6 Å². The fourth-order valence-electron chi connectivity index (χ4n) is 4.28. The number of sulfonamides is 1. The minimum absolute atomic E-state index is 0. The average molecular weight is 430 g/mol. The van der Waals surface area contributed by atoms with Gasteiger partial charge in [-0.25, -0.2) is 12.7 Å². The molecule has 0 bridgehead atoms. The summed E-state index contributed by atoms with van der Waals surface area (Å²) in [6.07, 6.45) is 4.50. The van der Waals surface area contributed by atoms with Crippen LogP contribution in [0.1, 0.15) is 44.6 Å². The van der Waals surface area contributed by atoms with Crippen molar-refractivity contribution < 1.29 is 13.2 Å². The van der Waals surface area contributed by atoms with Crippen LogP contribution in [0.15, 0.2) is 30.3 Å². The number of nitrogens with zero attached hydrogens (tertiary/aromatic N) is 2. The van der Waals surface area contributed by atoms with Crippen molar-refractivity contribution in [2.45, 2.75) is 56.9 Å². The van der Waals surface area contributed by atoms with E-state index in [2.05, 4.69) is 0 Å². The Morgan fingerprint density at radius 2 is 1.86 bits per heavy atom. The Morgan fingerprint density at radius 1 is 1.14 bits per heavy atom. The van der Waals surface area contributed by atoms with Crippen molar-refractivity contribution >= 4 is 28.3 Å². The first-order valence-electron chi connectivity index (χ1n) is 9.96. The molecule has 2 aliphatic rings. The van der Waals surface area contributed by atoms with Gasteiger partial charge in [-0.15, -0.1) is 12.4 Å². The van der Waals surface area contributed by atoms with Crippen LogP contribution in [0, 0.1) is 5.92 Å². The second-order valence-corrected chi connectivity index (χ2v) is 9.86. The molecule has 8 heteroatoms. The number of amides is 1. The summed E-state index contributed by atoms with van der Waals surface area (Å²) in [6, 6.07) is 9.23. The second-order valence-electron chi connectivity index (χ2n) is 7.89. The molecule has 2 saturated heterocycles. The zero-order valence-corrected chi connectivity index (χ0v) is 18.1. The highest BCUT2D eigenvalue weighted by molar-refractivity contribution is 7.88. The lowest BCUT2D eigenvalue weighted by Gasteiger charge is -2.41. The van der Waals surface area contributed by atoms with Crippen LogP contribution in [0.5, 0.6) is 0 Å². The number of rotatable bonds is 5. The first kappa shape index (κ1) is 23.1. The number of halogens is 1. The van der Waals surface area contributed by atoms with Crippen LogP contribution >= 0.6 is 12.4 Å². The molecule has 1 amide bonds. The van der Waals surface area contributed by atoms with E-state index >= 15 is 0 Å². The summed E-state index contributed by atoms with van der Waals surface area (Å²) < 4.78 is 27.2. The summed E-state index contributed by atoms with van der Waals surface area (Å²) in [7, 11) is -3.43. The van der Waals surface area contributed by atoms with Gasteiger partial charge in [-0.2, -0.15) is 0 Å². The van der Waals surface area contributed by atoms with Crippen molar-refractivity contribution in [3.05, 3.63) is 35.9 Å². The molecule has 6 nitrogen and oxygen atoms in total. The second kappa shape index (κ2) is 10.1. The summed E-state index contributed by atoms with van der Waals surface area (Å²) in [5.41, 5.74) is 6.88. The van der Waals surface area contributed by atoms with Gasteiger partial charge >= 0.3 is 0 Å². The standard InChI is InChI=1S/C20H31N3O3S.ClH/c1-16(21)19-11-5-6-13-23(19)20(24)18-10-7-12-22(14-18)27(25,26)15-17-8-3-2-4-9-17;/h2-4,8-9,16,18-19H,5-7,10-15,21H2,1H3;1H. The minimum Gasteiger partial charge on any atom is -0.338 e. The minimum atomic E-state index is -3.43. The van der Waals surface area contributed by atoms with Crippen molar-refractivity contribution in [3.63, 3.8) is 0 Å². The molecule has 0 aromatic heterocycles. The lowest BCUT2D eigenvalue weighted by molar-refractivity contribution is -0.141. The Kier molecular flexibility index (Phi) is 8.30. The van der Waals surface area contributed by atoms with Crippen LogP contribution in [0.4, 0.5) is 0 Å². The number of carbonyl (C=O) groups is 1. The molecule has 0 aliphatic carbocycles. The normalized spacial score (nSPS) is 25.0. The smallest absolute Gasteiger partial charge is 0.227 e. The molecule has 0 radical (unpaired) electrons. The Balaban J connectivity index is 0.00000280. The molecule has 0 saturated carbocycles. The lowest BCUT2D eigenvalue weighted by Crippen LogP contribution is -2.55. The van der Waals surface area contributed by atoms with Crippen molar-refractivity contribution in [1.82, 2.24) is 9.21 Å². The van der Waals surface area contributed by atoms with Gasteiger partial charge in [0.15, 0.2) is 0 Å². The SMILES string of the molecule is CC(N)C1CCCCN1C(=O)C1CCCN(S(=O)(=O)Cc2ccccc2)C1.Cl. The van der Waals surface area contributed by atoms with Crippen molar-refractivity contribution in [2.24, 2.45) is 11.7 Å². The van der Waals surface area contributed by atoms with Gasteiger partial charge in [-0.1, -0.05) is 30.3 Å². The van der Waals surface area contributed by atoms with E-state index in [0.717, 1.165) is 44.2 Å². The molecule has 3 unspecified atom stereocenters. The van der Waals surface area contributed by atoms with Gasteiger partial charge in [-0.05, 0) is 44.6 Å². The van der Waals surface area contributed by atoms with Gasteiger partial charge in [-0.3, -0.25) is 4.79 Å². The molecule has 1 aromatic rings. The third-order valence-corrected chi connectivity index (χ3v) is 7.57. The van der Waals surface area contributed by atoms with Crippen LogP contribution < -0.4 is 5.73 Å². The average Bonchev–Trinajstić information content (AvgIpc) is 2.68. The number of hydrogen-bond acceptors (Lipinski definition) is 4. The zero-order valence-electron chi connectivity index (χ0n) is 16.5. The predicted octanol–water partition coefficient (Wildman–Crippen LogP) is 2.38. The van der Waals surface area contributed by atoms with Crippen LogP contribution in [-0.4, -0.2) is 55.2 Å². The highest BCUT2D eigenvalue weighted by Crippen LogP contribution is 2.27. The quantitative estimate of drug-likeness (QED) is 0.778. The Morgan fingerprint density at radius 3 is 2.54 bits per heavy atom. The molecular formula is C20H32ClN3O3S. The van der Waals surface area contributed by atoms with E-state index in [4.69, 9.17) is 5.73 Å². The van der Waals surface area contributed by atoms with Crippen LogP contribution in [0.25, 0.3) is 0 Å². The summed E-state index contributed by atoms with van der Waals surface area (Å²) >= 11 is 0. The molecule has 158 valence electrons. The van der Waals surface area contributed by atoms with E-state index in [9.17, 15) is 13.2 Å². The molecule has 1 aromatic carbocycles. The largest absolute Gasteiger partial charge is 0.338 e. The maximum atomic E-state index is 13.1. The fourth-order valence-corrected chi connectivity index (χ4v) is 5.90. The van der Waals surface area contributed by atoms with Gasteiger partial charge in [0.1, 0.15) is 0 Å². The van der Waals surface area contributed by atoms with E-state index < -0.39 is 10.0 Å². The van der Waals surface area contributed by atoms with E-state index in [0.29, 0.717) is 6.54 Å². The van der Waals surface area contributed by atoms with Gasteiger partial charge in [0.2, 0.25) is 15.9 Å². The molecule has 0 spiro atoms. The van der Waals surface area contributed by atoms with E-state index in [1.54, 1.807) is 0 Å². The van der Waals surface area contributed by atoms with Gasteiger partial charge < -0.3 is 10.6 Å². The van der Waals surface area contributed by atoms with Crippen molar-refractivity contribution in [3.8, 4) is 0 Å². The third-order valence-electron chi connectivity index (χ3n) is 5.76. The van der Waals surface area contributed by atoms with Gasteiger partial charge in [0.05, 0.1) is 11.7 Å². The van der Waals surface area contributed by atoms with E-state index in [-0.39, 0.29) is 48.6 Å². The molecule has 3 atom stereocenters. The van der Waals surface area contributed by atoms with Gasteiger partial charge in [0.25, 0.3) is 0 Å². The Hall–Kier alpha value is -1.15. The number of carbonyl (C=O) groups excluding carboxylic acids is 1. The lowest BCUT2D eigenvalue weighted by atomic mass is 9.92. The molecule has 28 heavy (non-hydrogen) atoms. The first-order chi connectivity index (χ1) is 12.9. The molecule has 3 rings (SSSR count). The molecule has 2 heterocycles. The van der Waals surface area contributed by atoms with Crippen molar-refractivity contribution in [2.75, 3.05) is 19.6 Å². The first-order valence-corrected chi connectivity index (χ1v) is 11.6. The highest BCUT2D eigenvalue weighted by Gasteiger charge is 2.37. The summed E-state index contributed by atoms with van der Waals surface area (Å²) in [5, 5.41) is 0. The predicted molar refractivity (Wildman–Crippen MR) is 114 cm³/mol. The van der Waals surface area contributed by atoms with E-state index in [1.807, 2.05) is 42.2 Å². The third kappa shape index (κ3) is 5.47. The maximum absolute atomic E-state index is 13.1. The topological polar surface area (TPSA) is 83.7 Å². The summed E-state index contributed by atoms with van der Waals surface area (Å²) in [6.45, 7) is 3.47. The highest BCUT2D eigenvalue weighted by atomic mass is 35.5. The molecule has 2 fully saturated rings. The Labute approximate surface area is 174 Å². The fraction of sp³-hybridized carbons (Fsp3) is 0.650. The number of nitrogens with two attached hydrogens (primary N) is 1. The number of likely N-dealkylation sites (tertiary alicyclic amines) is 1. The van der Waals surface area contributed by atoms with Crippen molar-refractivity contribution in [1.29, 1.82) is 0 Å². The maximum Gasteiger partial charge on any atom is 0.227 e. The summed E-state index contributed by atoms with van der Waals surface area (Å²) in [5.74, 6) is -0.193. The molecule has 2 aliphatic heterocycles. The zero-order chi connectivity index (χ0) is 19.4. The number of hydrogen-bond donors (Lipinski definition) is 1. The van der Waals surface area contributed by atoms with E-state index in [1.165, 1.54) is 4.31 Å². The Bertz CT molecular complexity index is 742. The number of benzene rings is 1. The number of piperidine rings is 2. The summed E-state index contributed by atoms with van der Waals surface area (Å²) in [4.78, 5) is 15.1. The van der Waals surface area contributed by atoms with Crippen LogP contribution in [0.3, 0.4) is 0 Å². The molecule has 2 N–H and O–H groups in total. The monoisotopic (exact) mass is 429 g/mol. The molecular weight excluding hydrogens is 398 g/mol. The van der Waals surface area contributed by atoms with Crippen LogP contribution in [0.2, 0.25) is 0 Å². The van der Waals surface area contributed by atoms with Gasteiger partial charge in [0, 0.05) is 31.7 Å².